The largest absolute Gasteiger partial charge is 0.314 e. The third kappa shape index (κ3) is 3.01. The summed E-state index contributed by atoms with van der Waals surface area (Å²) in [6, 6.07) is 9.67. The fraction of sp³-hybridized carbons (Fsp3) is 0.647. The minimum absolute atomic E-state index is 0.752. The van der Waals surface area contributed by atoms with Crippen molar-refractivity contribution in [3.63, 3.8) is 0 Å². The highest BCUT2D eigenvalue weighted by Gasteiger charge is 2.28. The van der Waals surface area contributed by atoms with Crippen molar-refractivity contribution in [1.29, 1.82) is 0 Å². The second-order valence-corrected chi connectivity index (χ2v) is 6.15. The lowest BCUT2D eigenvalue weighted by molar-refractivity contribution is 0.169. The van der Waals surface area contributed by atoms with E-state index < -0.39 is 0 Å². The molecule has 0 bridgehead atoms. The Morgan fingerprint density at radius 2 is 1.79 bits per heavy atom. The predicted molar refractivity (Wildman–Crippen MR) is 80.0 cm³/mol. The highest BCUT2D eigenvalue weighted by Crippen LogP contribution is 2.29. The lowest BCUT2D eigenvalue weighted by atomic mass is 9.84. The van der Waals surface area contributed by atoms with Crippen LogP contribution in [-0.4, -0.2) is 24.0 Å². The number of hydrogen-bond donors (Lipinski definition) is 1. The minimum atomic E-state index is 0.752. The third-order valence-electron chi connectivity index (χ3n) is 4.77. The summed E-state index contributed by atoms with van der Waals surface area (Å²) in [5.74, 6) is 0.850. The van der Waals surface area contributed by atoms with Gasteiger partial charge in [0.1, 0.15) is 0 Å². The fourth-order valence-electron chi connectivity index (χ4n) is 3.82. The zero-order chi connectivity index (χ0) is 13.1. The van der Waals surface area contributed by atoms with Gasteiger partial charge in [-0.1, -0.05) is 44.0 Å². The first-order chi connectivity index (χ1) is 9.36. The number of rotatable bonds is 4. The van der Waals surface area contributed by atoms with Gasteiger partial charge < -0.3 is 5.32 Å². The van der Waals surface area contributed by atoms with Crippen LogP contribution in [0.15, 0.2) is 24.3 Å². The molecular formula is C17H26N2. The van der Waals surface area contributed by atoms with E-state index >= 15 is 0 Å². The van der Waals surface area contributed by atoms with Gasteiger partial charge in [0, 0.05) is 25.7 Å². The van der Waals surface area contributed by atoms with Gasteiger partial charge in [-0.2, -0.15) is 0 Å². The SMILES string of the molecule is CCNC1CCCCC1CN1Cc2ccccc2C1. The van der Waals surface area contributed by atoms with Gasteiger partial charge in [-0.15, -0.1) is 0 Å². The first-order valence-electron chi connectivity index (χ1n) is 7.89. The average molecular weight is 258 g/mol. The maximum Gasteiger partial charge on any atom is 0.0240 e. The van der Waals surface area contributed by atoms with Crippen LogP contribution in [0, 0.1) is 5.92 Å². The van der Waals surface area contributed by atoms with Crippen molar-refractivity contribution in [3.05, 3.63) is 35.4 Å². The quantitative estimate of drug-likeness (QED) is 0.892. The molecule has 1 saturated carbocycles. The van der Waals surface area contributed by atoms with E-state index in [0.29, 0.717) is 0 Å². The summed E-state index contributed by atoms with van der Waals surface area (Å²) in [4.78, 5) is 2.64. The summed E-state index contributed by atoms with van der Waals surface area (Å²) in [5.41, 5.74) is 3.08. The summed E-state index contributed by atoms with van der Waals surface area (Å²) in [6.07, 6.45) is 5.62. The normalized spacial score (nSPS) is 27.4. The summed E-state index contributed by atoms with van der Waals surface area (Å²) in [7, 11) is 0. The molecule has 2 aliphatic rings. The van der Waals surface area contributed by atoms with Gasteiger partial charge in [0.15, 0.2) is 0 Å². The van der Waals surface area contributed by atoms with Gasteiger partial charge >= 0.3 is 0 Å². The zero-order valence-corrected chi connectivity index (χ0v) is 12.1. The van der Waals surface area contributed by atoms with E-state index in [1.54, 1.807) is 11.1 Å². The van der Waals surface area contributed by atoms with E-state index in [9.17, 15) is 0 Å². The summed E-state index contributed by atoms with van der Waals surface area (Å²) >= 11 is 0. The molecule has 2 nitrogen and oxygen atoms in total. The monoisotopic (exact) mass is 258 g/mol. The van der Waals surface area contributed by atoms with E-state index in [-0.39, 0.29) is 0 Å². The van der Waals surface area contributed by atoms with Crippen LogP contribution in [0.3, 0.4) is 0 Å². The van der Waals surface area contributed by atoms with Crippen molar-refractivity contribution in [2.75, 3.05) is 13.1 Å². The molecule has 1 aromatic rings. The van der Waals surface area contributed by atoms with Crippen LogP contribution >= 0.6 is 0 Å². The molecule has 2 atom stereocenters. The topological polar surface area (TPSA) is 15.3 Å². The van der Waals surface area contributed by atoms with E-state index in [1.165, 1.54) is 32.2 Å². The van der Waals surface area contributed by atoms with Crippen molar-refractivity contribution in [2.24, 2.45) is 5.92 Å². The van der Waals surface area contributed by atoms with Gasteiger partial charge in [-0.25, -0.2) is 0 Å². The molecule has 2 unspecified atom stereocenters. The molecule has 0 radical (unpaired) electrons. The summed E-state index contributed by atoms with van der Waals surface area (Å²) < 4.78 is 0. The van der Waals surface area contributed by atoms with E-state index in [1.807, 2.05) is 0 Å². The lowest BCUT2D eigenvalue weighted by Crippen LogP contribution is -2.43. The van der Waals surface area contributed by atoms with Crippen LogP contribution in [0.25, 0.3) is 0 Å². The Morgan fingerprint density at radius 1 is 1.11 bits per heavy atom. The van der Waals surface area contributed by atoms with Crippen LogP contribution in [-0.2, 0) is 13.1 Å². The van der Waals surface area contributed by atoms with Gasteiger partial charge in [-0.05, 0) is 36.4 Å². The average Bonchev–Trinajstić information content (AvgIpc) is 2.83. The van der Waals surface area contributed by atoms with Crippen molar-refractivity contribution in [1.82, 2.24) is 10.2 Å². The molecule has 19 heavy (non-hydrogen) atoms. The molecule has 1 aliphatic carbocycles. The number of hydrogen-bond acceptors (Lipinski definition) is 2. The number of fused-ring (bicyclic) bond motifs is 1. The molecule has 1 heterocycles. The predicted octanol–water partition coefficient (Wildman–Crippen LogP) is 3.17. The molecule has 1 fully saturated rings. The number of benzene rings is 1. The molecule has 3 rings (SSSR count). The zero-order valence-electron chi connectivity index (χ0n) is 12.1. The number of nitrogens with zero attached hydrogens (tertiary/aromatic N) is 1. The molecule has 0 aromatic heterocycles. The van der Waals surface area contributed by atoms with Gasteiger partial charge in [0.05, 0.1) is 0 Å². The highest BCUT2D eigenvalue weighted by atomic mass is 15.1. The van der Waals surface area contributed by atoms with Crippen LogP contribution in [0.5, 0.6) is 0 Å². The second kappa shape index (κ2) is 6.06. The molecule has 2 heteroatoms. The van der Waals surface area contributed by atoms with Crippen LogP contribution < -0.4 is 5.32 Å². The maximum atomic E-state index is 3.70. The first kappa shape index (κ1) is 13.1. The third-order valence-corrected chi connectivity index (χ3v) is 4.77. The second-order valence-electron chi connectivity index (χ2n) is 6.15. The smallest absolute Gasteiger partial charge is 0.0240 e. The minimum Gasteiger partial charge on any atom is -0.314 e. The number of nitrogens with one attached hydrogen (secondary N) is 1. The standard InChI is InChI=1S/C17H26N2/c1-2-18-17-10-6-5-9-16(17)13-19-11-14-7-3-4-8-15(14)12-19/h3-4,7-8,16-18H,2,5-6,9-13H2,1H3. The fourth-order valence-corrected chi connectivity index (χ4v) is 3.82. The molecule has 104 valence electrons. The van der Waals surface area contributed by atoms with Crippen molar-refractivity contribution in [2.45, 2.75) is 51.7 Å². The highest BCUT2D eigenvalue weighted by molar-refractivity contribution is 5.30. The summed E-state index contributed by atoms with van der Waals surface area (Å²) in [5, 5.41) is 3.70. The van der Waals surface area contributed by atoms with Crippen molar-refractivity contribution < 1.29 is 0 Å². The Hall–Kier alpha value is -0.860. The summed E-state index contributed by atoms with van der Waals surface area (Å²) in [6.45, 7) is 6.93. The first-order valence-corrected chi connectivity index (χ1v) is 7.89. The Balaban J connectivity index is 1.60. The van der Waals surface area contributed by atoms with Gasteiger partial charge in [0.2, 0.25) is 0 Å². The Kier molecular flexibility index (Phi) is 4.19. The Morgan fingerprint density at radius 3 is 2.47 bits per heavy atom. The maximum absolute atomic E-state index is 3.70. The Labute approximate surface area is 117 Å². The molecular weight excluding hydrogens is 232 g/mol. The molecule has 1 aromatic carbocycles. The van der Waals surface area contributed by atoms with Crippen LogP contribution in [0.4, 0.5) is 0 Å². The van der Waals surface area contributed by atoms with E-state index in [4.69, 9.17) is 0 Å². The van der Waals surface area contributed by atoms with Crippen LogP contribution in [0.2, 0.25) is 0 Å². The molecule has 0 saturated heterocycles. The van der Waals surface area contributed by atoms with E-state index in [0.717, 1.165) is 31.6 Å². The lowest BCUT2D eigenvalue weighted by Gasteiger charge is -2.34. The molecule has 1 N–H and O–H groups in total. The molecule has 1 aliphatic heterocycles. The van der Waals surface area contributed by atoms with Crippen molar-refractivity contribution in [3.8, 4) is 0 Å². The molecule has 0 amide bonds. The molecule has 0 spiro atoms. The van der Waals surface area contributed by atoms with Gasteiger partial charge in [0.25, 0.3) is 0 Å². The Bertz CT molecular complexity index is 388. The van der Waals surface area contributed by atoms with Gasteiger partial charge in [-0.3, -0.25) is 4.90 Å². The van der Waals surface area contributed by atoms with Crippen LogP contribution in [0.1, 0.15) is 43.7 Å². The van der Waals surface area contributed by atoms with Crippen molar-refractivity contribution >= 4 is 0 Å². The van der Waals surface area contributed by atoms with E-state index in [2.05, 4.69) is 41.4 Å².